The fourth-order valence-corrected chi connectivity index (χ4v) is 2.34. The van der Waals surface area contributed by atoms with E-state index in [1.807, 2.05) is 4.90 Å². The second-order valence-corrected chi connectivity index (χ2v) is 4.70. The van der Waals surface area contributed by atoms with Gasteiger partial charge in [-0.3, -0.25) is 9.78 Å². The van der Waals surface area contributed by atoms with Crippen molar-refractivity contribution in [3.63, 3.8) is 0 Å². The first-order valence-electron chi connectivity index (χ1n) is 6.59. The Hall–Kier alpha value is -1.86. The van der Waals surface area contributed by atoms with Crippen LogP contribution in [0.2, 0.25) is 0 Å². The quantitative estimate of drug-likeness (QED) is 0.813. The number of carbonyl (C=O) groups excluding carboxylic acids is 1. The van der Waals surface area contributed by atoms with Crippen LogP contribution in [0.3, 0.4) is 0 Å². The van der Waals surface area contributed by atoms with Gasteiger partial charge in [0, 0.05) is 25.5 Å². The van der Waals surface area contributed by atoms with Crippen LogP contribution in [0.5, 0.6) is 0 Å². The molecule has 4 nitrogen and oxygen atoms in total. The average Bonchev–Trinajstić information content (AvgIpc) is 2.93. The number of hydrogen-bond acceptors (Lipinski definition) is 3. The van der Waals surface area contributed by atoms with Crippen LogP contribution in [0, 0.1) is 17.8 Å². The van der Waals surface area contributed by atoms with Crippen LogP contribution >= 0.6 is 0 Å². The number of likely N-dealkylation sites (tertiary alicyclic amines) is 1. The second-order valence-electron chi connectivity index (χ2n) is 4.70. The Labute approximate surface area is 113 Å². The van der Waals surface area contributed by atoms with Crippen LogP contribution in [-0.2, 0) is 0 Å². The Bertz CT molecular complexity index is 516. The van der Waals surface area contributed by atoms with Crippen LogP contribution < -0.4 is 0 Å². The van der Waals surface area contributed by atoms with Gasteiger partial charge in [-0.2, -0.15) is 0 Å². The molecule has 0 aromatic carbocycles. The highest BCUT2D eigenvalue weighted by molar-refractivity contribution is 5.96. The first-order chi connectivity index (χ1) is 9.26. The molecule has 1 aliphatic rings. The molecule has 0 spiro atoms. The number of pyridine rings is 1. The van der Waals surface area contributed by atoms with Crippen molar-refractivity contribution in [1.82, 2.24) is 9.88 Å². The first-order valence-corrected chi connectivity index (χ1v) is 6.59. The van der Waals surface area contributed by atoms with Crippen LogP contribution in [0.4, 0.5) is 0 Å². The van der Waals surface area contributed by atoms with Crippen molar-refractivity contribution in [3.8, 4) is 11.8 Å². The maximum Gasteiger partial charge on any atom is 0.255 e. The van der Waals surface area contributed by atoms with Crippen molar-refractivity contribution in [2.45, 2.75) is 19.8 Å². The summed E-state index contributed by atoms with van der Waals surface area (Å²) in [5.41, 5.74) is 1.16. The summed E-state index contributed by atoms with van der Waals surface area (Å²) >= 11 is 0. The maximum absolute atomic E-state index is 12.5. The summed E-state index contributed by atoms with van der Waals surface area (Å²) in [5.74, 6) is 5.97. The molecule has 1 atom stereocenters. The van der Waals surface area contributed by atoms with Gasteiger partial charge in [-0.25, -0.2) is 0 Å². The lowest BCUT2D eigenvalue weighted by Gasteiger charge is -2.17. The number of rotatable bonds is 2. The first kappa shape index (κ1) is 13.6. The molecule has 0 saturated carbocycles. The lowest BCUT2D eigenvalue weighted by Crippen LogP contribution is -2.29. The molecule has 2 rings (SSSR count). The van der Waals surface area contributed by atoms with Gasteiger partial charge >= 0.3 is 0 Å². The molecule has 19 heavy (non-hydrogen) atoms. The third-order valence-corrected chi connectivity index (χ3v) is 3.50. The Kier molecular flexibility index (Phi) is 4.53. The summed E-state index contributed by atoms with van der Waals surface area (Å²) in [5, 5.41) is 8.75. The van der Waals surface area contributed by atoms with Crippen molar-refractivity contribution in [3.05, 3.63) is 29.6 Å². The van der Waals surface area contributed by atoms with Crippen LogP contribution in [0.15, 0.2) is 18.5 Å². The number of hydrogen-bond donors (Lipinski definition) is 1. The van der Waals surface area contributed by atoms with Crippen molar-refractivity contribution < 1.29 is 9.90 Å². The topological polar surface area (TPSA) is 53.4 Å². The van der Waals surface area contributed by atoms with E-state index in [2.05, 4.69) is 23.7 Å². The summed E-state index contributed by atoms with van der Waals surface area (Å²) in [4.78, 5) is 18.3. The molecule has 0 radical (unpaired) electrons. The normalized spacial score (nSPS) is 18.0. The van der Waals surface area contributed by atoms with Gasteiger partial charge in [-0.1, -0.05) is 25.2 Å². The smallest absolute Gasteiger partial charge is 0.255 e. The maximum atomic E-state index is 12.5. The molecule has 1 aromatic rings. The third kappa shape index (κ3) is 3.12. The number of aromatic nitrogens is 1. The summed E-state index contributed by atoms with van der Waals surface area (Å²) < 4.78 is 0. The highest BCUT2D eigenvalue weighted by atomic mass is 16.2. The van der Waals surface area contributed by atoms with E-state index >= 15 is 0 Å². The van der Waals surface area contributed by atoms with E-state index in [9.17, 15) is 4.79 Å². The molecule has 1 aromatic heterocycles. The zero-order valence-corrected chi connectivity index (χ0v) is 11.1. The molecule has 1 unspecified atom stereocenters. The summed E-state index contributed by atoms with van der Waals surface area (Å²) in [7, 11) is 0. The Morgan fingerprint density at radius 2 is 2.47 bits per heavy atom. The molecule has 1 amide bonds. The van der Waals surface area contributed by atoms with Gasteiger partial charge in [0.2, 0.25) is 0 Å². The van der Waals surface area contributed by atoms with Gasteiger partial charge < -0.3 is 10.0 Å². The largest absolute Gasteiger partial charge is 0.384 e. The molecule has 4 heteroatoms. The van der Waals surface area contributed by atoms with Gasteiger partial charge in [0.15, 0.2) is 0 Å². The zero-order valence-electron chi connectivity index (χ0n) is 11.1. The van der Waals surface area contributed by atoms with Crippen molar-refractivity contribution in [2.75, 3.05) is 19.7 Å². The highest BCUT2D eigenvalue weighted by Crippen LogP contribution is 2.21. The van der Waals surface area contributed by atoms with E-state index in [-0.39, 0.29) is 12.5 Å². The van der Waals surface area contributed by atoms with Crippen molar-refractivity contribution in [2.24, 2.45) is 5.92 Å². The van der Waals surface area contributed by atoms with Crippen molar-refractivity contribution >= 4 is 5.91 Å². The predicted octanol–water partition coefficient (Wildman–Crippen LogP) is 1.30. The van der Waals surface area contributed by atoms with Gasteiger partial charge in [0.1, 0.15) is 6.61 Å². The van der Waals surface area contributed by atoms with Crippen LogP contribution in [-0.4, -0.2) is 40.6 Å². The molecule has 1 aliphatic heterocycles. The lowest BCUT2D eigenvalue weighted by molar-refractivity contribution is 0.0786. The molecule has 0 aliphatic carbocycles. The number of aliphatic hydroxyl groups excluding tert-OH is 1. The monoisotopic (exact) mass is 258 g/mol. The van der Waals surface area contributed by atoms with Gasteiger partial charge in [-0.15, -0.1) is 0 Å². The van der Waals surface area contributed by atoms with E-state index in [0.29, 0.717) is 17.0 Å². The number of carbonyl (C=O) groups is 1. The fourth-order valence-electron chi connectivity index (χ4n) is 2.34. The third-order valence-electron chi connectivity index (χ3n) is 3.50. The molecule has 100 valence electrons. The van der Waals surface area contributed by atoms with E-state index < -0.39 is 0 Å². The molecule has 1 N–H and O–H groups in total. The standard InChI is InChI=1S/C15H18N2O2/c1-2-12-6-8-17(11-12)15(19)14-5-7-16-10-13(14)4-3-9-18/h5,7,10,12,18H,2,6,8-9,11H2,1H3. The predicted molar refractivity (Wildman–Crippen MR) is 72.5 cm³/mol. The Morgan fingerprint density at radius 3 is 3.16 bits per heavy atom. The van der Waals surface area contributed by atoms with Crippen molar-refractivity contribution in [1.29, 1.82) is 0 Å². The van der Waals surface area contributed by atoms with Gasteiger partial charge in [-0.05, 0) is 18.4 Å². The molecule has 1 saturated heterocycles. The molecule has 0 bridgehead atoms. The van der Waals surface area contributed by atoms with E-state index in [1.165, 1.54) is 0 Å². The SMILES string of the molecule is CCC1CCN(C(=O)c2ccncc2C#CCO)C1. The van der Waals surface area contributed by atoms with E-state index in [4.69, 9.17) is 5.11 Å². The van der Waals surface area contributed by atoms with Gasteiger partial charge in [0.25, 0.3) is 5.91 Å². The average molecular weight is 258 g/mol. The molecule has 2 heterocycles. The minimum atomic E-state index is -0.218. The van der Waals surface area contributed by atoms with Crippen LogP contribution in [0.1, 0.15) is 35.7 Å². The molecule has 1 fully saturated rings. The zero-order chi connectivity index (χ0) is 13.7. The number of nitrogens with zero attached hydrogens (tertiary/aromatic N) is 2. The number of amides is 1. The van der Waals surface area contributed by atoms with E-state index in [0.717, 1.165) is 25.9 Å². The summed E-state index contributed by atoms with van der Waals surface area (Å²) in [6, 6.07) is 1.70. The highest BCUT2D eigenvalue weighted by Gasteiger charge is 2.26. The summed E-state index contributed by atoms with van der Waals surface area (Å²) in [6.07, 6.45) is 5.36. The number of aliphatic hydroxyl groups is 1. The minimum Gasteiger partial charge on any atom is -0.384 e. The summed E-state index contributed by atoms with van der Waals surface area (Å²) in [6.45, 7) is 3.57. The fraction of sp³-hybridized carbons (Fsp3) is 0.467. The minimum absolute atomic E-state index is 0.0144. The Balaban J connectivity index is 2.20. The van der Waals surface area contributed by atoms with Crippen LogP contribution in [0.25, 0.3) is 0 Å². The van der Waals surface area contributed by atoms with E-state index in [1.54, 1.807) is 18.5 Å². The van der Waals surface area contributed by atoms with Gasteiger partial charge in [0.05, 0.1) is 11.1 Å². The lowest BCUT2D eigenvalue weighted by atomic mass is 10.1. The Morgan fingerprint density at radius 1 is 1.63 bits per heavy atom. The molecular formula is C15H18N2O2. The second kappa shape index (κ2) is 6.35. The molecular weight excluding hydrogens is 240 g/mol.